The van der Waals surface area contributed by atoms with Crippen LogP contribution >= 0.6 is 0 Å². The minimum absolute atomic E-state index is 0.0421. The van der Waals surface area contributed by atoms with Crippen molar-refractivity contribution in [1.82, 2.24) is 10.4 Å². The lowest BCUT2D eigenvalue weighted by atomic mass is 9.67. The molecule has 0 radical (unpaired) electrons. The Morgan fingerprint density at radius 2 is 2.00 bits per heavy atom. The summed E-state index contributed by atoms with van der Waals surface area (Å²) in [6.45, 7) is 4.86. The third kappa shape index (κ3) is 4.36. The molecule has 2 heterocycles. The van der Waals surface area contributed by atoms with Gasteiger partial charge in [0.1, 0.15) is 0 Å². The van der Waals surface area contributed by atoms with Crippen LogP contribution in [0.1, 0.15) is 70.9 Å². The van der Waals surface area contributed by atoms with Crippen molar-refractivity contribution >= 4 is 28.2 Å². The van der Waals surface area contributed by atoms with Gasteiger partial charge in [-0.1, -0.05) is 26.3 Å². The Morgan fingerprint density at radius 3 is 2.74 bits per heavy atom. The predicted molar refractivity (Wildman–Crippen MR) is 135 cm³/mol. The van der Waals surface area contributed by atoms with E-state index < -0.39 is 0 Å². The Morgan fingerprint density at radius 1 is 1.21 bits per heavy atom. The fourth-order valence-electron chi connectivity index (χ4n) is 6.19. The largest absolute Gasteiger partial charge is 0.395 e. The summed E-state index contributed by atoms with van der Waals surface area (Å²) in [5.74, 6) is 0.377. The average molecular weight is 467 g/mol. The molecule has 3 unspecified atom stereocenters. The summed E-state index contributed by atoms with van der Waals surface area (Å²) in [7, 11) is 0. The molecule has 4 N–H and O–H groups in total. The summed E-state index contributed by atoms with van der Waals surface area (Å²) in [6, 6.07) is 8.59. The van der Waals surface area contributed by atoms with E-state index in [0.717, 1.165) is 40.8 Å². The molecule has 5 rings (SSSR count). The lowest BCUT2D eigenvalue weighted by Crippen LogP contribution is -2.40. The van der Waals surface area contributed by atoms with E-state index in [1.54, 1.807) is 4.90 Å². The standard InChI is InChI=1S/C27H38N4O3/c1-3-27(2)11-10-21-24(16-27)29-30-25(21)23-14-18-4-7-19(15-22(18)28-23)31(12-13-32)26(34)17-5-8-20(33)9-6-17/h4,7,14-15,17,20-21,24,28-29,32-33H,3,5-6,8-13,16H2,1-2H3/t17-,20-,21?,24?,27?. The lowest BCUT2D eigenvalue weighted by Gasteiger charge is -2.39. The second kappa shape index (κ2) is 9.34. The quantitative estimate of drug-likeness (QED) is 0.518. The van der Waals surface area contributed by atoms with Crippen LogP contribution in [0.5, 0.6) is 0 Å². The summed E-state index contributed by atoms with van der Waals surface area (Å²) in [5.41, 5.74) is 7.75. The molecule has 0 saturated heterocycles. The van der Waals surface area contributed by atoms with Gasteiger partial charge in [0.15, 0.2) is 0 Å². The molecule has 1 amide bonds. The van der Waals surface area contributed by atoms with Crippen LogP contribution in [0.2, 0.25) is 0 Å². The van der Waals surface area contributed by atoms with Crippen molar-refractivity contribution < 1.29 is 15.0 Å². The van der Waals surface area contributed by atoms with Crippen molar-refractivity contribution in [3.8, 4) is 0 Å². The number of anilines is 1. The number of amides is 1. The Kier molecular flexibility index (Phi) is 6.42. The van der Waals surface area contributed by atoms with Crippen LogP contribution in [0.4, 0.5) is 5.69 Å². The Balaban J connectivity index is 1.37. The molecule has 7 nitrogen and oxygen atoms in total. The Bertz CT molecular complexity index is 1070. The zero-order chi connectivity index (χ0) is 23.9. The van der Waals surface area contributed by atoms with Gasteiger partial charge in [0.25, 0.3) is 0 Å². The average Bonchev–Trinajstić information content (AvgIpc) is 3.45. The smallest absolute Gasteiger partial charge is 0.230 e. The molecule has 1 aliphatic heterocycles. The number of aliphatic hydroxyl groups is 2. The van der Waals surface area contributed by atoms with Gasteiger partial charge in [0.05, 0.1) is 30.2 Å². The number of aromatic amines is 1. The lowest BCUT2D eigenvalue weighted by molar-refractivity contribution is -0.124. The van der Waals surface area contributed by atoms with Crippen LogP contribution in [0.15, 0.2) is 29.4 Å². The van der Waals surface area contributed by atoms with Crippen molar-refractivity contribution in [3.05, 3.63) is 30.0 Å². The van der Waals surface area contributed by atoms with E-state index in [2.05, 4.69) is 30.3 Å². The molecule has 3 atom stereocenters. The van der Waals surface area contributed by atoms with Crippen LogP contribution in [0.3, 0.4) is 0 Å². The zero-order valence-corrected chi connectivity index (χ0v) is 20.4. The van der Waals surface area contributed by atoms with Crippen molar-refractivity contribution in [1.29, 1.82) is 0 Å². The third-order valence-corrected chi connectivity index (χ3v) is 8.64. The van der Waals surface area contributed by atoms with Crippen molar-refractivity contribution in [2.24, 2.45) is 22.4 Å². The molecule has 0 bridgehead atoms. The molecule has 0 spiro atoms. The van der Waals surface area contributed by atoms with Gasteiger partial charge in [-0.25, -0.2) is 0 Å². The summed E-state index contributed by atoms with van der Waals surface area (Å²) < 4.78 is 0. The van der Waals surface area contributed by atoms with Gasteiger partial charge >= 0.3 is 0 Å². The fourth-order valence-corrected chi connectivity index (χ4v) is 6.19. The molecule has 34 heavy (non-hydrogen) atoms. The highest BCUT2D eigenvalue weighted by molar-refractivity contribution is 6.06. The number of H-pyrrole nitrogens is 1. The number of carbonyl (C=O) groups is 1. The number of carbonyl (C=O) groups excluding carboxylic acids is 1. The van der Waals surface area contributed by atoms with Gasteiger partial charge in [0.2, 0.25) is 5.91 Å². The first-order valence-corrected chi connectivity index (χ1v) is 13.0. The first-order chi connectivity index (χ1) is 16.4. The van der Waals surface area contributed by atoms with Gasteiger partial charge in [-0.3, -0.25) is 4.79 Å². The van der Waals surface area contributed by atoms with E-state index >= 15 is 0 Å². The van der Waals surface area contributed by atoms with Gasteiger partial charge in [-0.2, -0.15) is 5.10 Å². The summed E-state index contributed by atoms with van der Waals surface area (Å²) in [4.78, 5) is 18.5. The molecular formula is C27H38N4O3. The van der Waals surface area contributed by atoms with Crippen LogP contribution in [-0.4, -0.2) is 52.1 Å². The van der Waals surface area contributed by atoms with Gasteiger partial charge < -0.3 is 25.5 Å². The third-order valence-electron chi connectivity index (χ3n) is 8.64. The van der Waals surface area contributed by atoms with E-state index in [4.69, 9.17) is 5.10 Å². The van der Waals surface area contributed by atoms with E-state index in [9.17, 15) is 15.0 Å². The van der Waals surface area contributed by atoms with Gasteiger partial charge in [0, 0.05) is 35.0 Å². The topological polar surface area (TPSA) is 101 Å². The minimum atomic E-state index is -0.295. The van der Waals surface area contributed by atoms with E-state index in [1.807, 2.05) is 18.2 Å². The Hall–Kier alpha value is -2.38. The number of fused-ring (bicyclic) bond motifs is 2. The molecule has 2 aromatic rings. The number of benzene rings is 1. The summed E-state index contributed by atoms with van der Waals surface area (Å²) in [5, 5.41) is 25.3. The number of rotatable bonds is 6. The number of aliphatic hydroxyl groups excluding tert-OH is 2. The van der Waals surface area contributed by atoms with Gasteiger partial charge in [-0.05, 0) is 68.6 Å². The van der Waals surface area contributed by atoms with Crippen LogP contribution in [0, 0.1) is 17.3 Å². The number of hydrazone groups is 1. The number of nitrogens with one attached hydrogen (secondary N) is 2. The normalized spacial score (nSPS) is 31.1. The first kappa shape index (κ1) is 23.4. The number of nitrogens with zero attached hydrogens (tertiary/aromatic N) is 2. The summed E-state index contributed by atoms with van der Waals surface area (Å²) >= 11 is 0. The second-order valence-corrected chi connectivity index (χ2v) is 10.9. The van der Waals surface area contributed by atoms with Crippen LogP contribution in [-0.2, 0) is 4.79 Å². The Labute approximate surface area is 201 Å². The minimum Gasteiger partial charge on any atom is -0.395 e. The molecule has 2 aliphatic carbocycles. The number of aromatic nitrogens is 1. The highest BCUT2D eigenvalue weighted by atomic mass is 16.3. The first-order valence-electron chi connectivity index (χ1n) is 13.0. The SMILES string of the molecule is CCC1(C)CCC2C(c3cc4ccc(N(CCO)C(=O)[C@H]5CC[C@H](O)CC5)cc4[nH]3)=NNC2C1. The molecule has 184 valence electrons. The number of hydrogen-bond acceptors (Lipinski definition) is 5. The fraction of sp³-hybridized carbons (Fsp3) is 0.630. The van der Waals surface area contributed by atoms with E-state index in [0.29, 0.717) is 43.1 Å². The molecule has 1 aromatic heterocycles. The molecule has 2 saturated carbocycles. The molecule has 7 heteroatoms. The maximum absolute atomic E-state index is 13.3. The van der Waals surface area contributed by atoms with Crippen molar-refractivity contribution in [2.45, 2.75) is 77.4 Å². The molecule has 1 aromatic carbocycles. The van der Waals surface area contributed by atoms with Gasteiger partial charge in [-0.15, -0.1) is 0 Å². The van der Waals surface area contributed by atoms with Crippen molar-refractivity contribution in [2.75, 3.05) is 18.1 Å². The summed E-state index contributed by atoms with van der Waals surface area (Å²) in [6.07, 6.45) is 7.16. The monoisotopic (exact) mass is 466 g/mol. The van der Waals surface area contributed by atoms with Crippen LogP contribution in [0.25, 0.3) is 10.9 Å². The molecule has 3 aliphatic rings. The maximum atomic E-state index is 13.3. The second-order valence-electron chi connectivity index (χ2n) is 10.9. The highest BCUT2D eigenvalue weighted by Gasteiger charge is 2.42. The highest BCUT2D eigenvalue weighted by Crippen LogP contribution is 2.44. The number of hydrogen-bond donors (Lipinski definition) is 4. The maximum Gasteiger partial charge on any atom is 0.230 e. The molecule has 2 fully saturated rings. The van der Waals surface area contributed by atoms with Crippen LogP contribution < -0.4 is 10.3 Å². The van der Waals surface area contributed by atoms with E-state index in [-0.39, 0.29) is 31.1 Å². The predicted octanol–water partition coefficient (Wildman–Crippen LogP) is 3.94. The zero-order valence-electron chi connectivity index (χ0n) is 20.4. The molecular weight excluding hydrogens is 428 g/mol. The van der Waals surface area contributed by atoms with E-state index in [1.165, 1.54) is 12.8 Å². The van der Waals surface area contributed by atoms with Crippen molar-refractivity contribution in [3.63, 3.8) is 0 Å².